The van der Waals surface area contributed by atoms with Crippen LogP contribution in [0, 0.1) is 0 Å². The highest BCUT2D eigenvalue weighted by atomic mass is 15.2. The molecule has 15 aromatic rings. The lowest BCUT2D eigenvalue weighted by atomic mass is 9.85. The Morgan fingerprint density at radius 2 is 0.573 bits per heavy atom. The molecule has 0 saturated carbocycles. The number of rotatable bonds is 11. The van der Waals surface area contributed by atoms with Crippen LogP contribution in [0.1, 0.15) is 0 Å². The molecular formula is C76H50N6. The number of fused-ring (bicyclic) bond motifs is 5. The summed E-state index contributed by atoms with van der Waals surface area (Å²) in [5, 5.41) is 0. The number of hydrogen-bond acceptors (Lipinski definition) is 4. The van der Waals surface area contributed by atoms with E-state index in [0.717, 1.165) is 128 Å². The number of nitrogens with zero attached hydrogens (tertiary/aromatic N) is 6. The van der Waals surface area contributed by atoms with Gasteiger partial charge < -0.3 is 0 Å². The third-order valence-electron chi connectivity index (χ3n) is 15.6. The second-order valence-corrected chi connectivity index (χ2v) is 20.6. The van der Waals surface area contributed by atoms with Crippen molar-refractivity contribution >= 4 is 27.8 Å². The molecule has 0 aliphatic rings. The van der Waals surface area contributed by atoms with Crippen LogP contribution in [0.2, 0.25) is 0 Å². The van der Waals surface area contributed by atoms with Gasteiger partial charge in [0.15, 0.2) is 17.5 Å². The van der Waals surface area contributed by atoms with Crippen LogP contribution < -0.4 is 0 Å². The molecule has 384 valence electrons. The molecule has 3 aromatic heterocycles. The molecule has 0 fully saturated rings. The highest BCUT2D eigenvalue weighted by molar-refractivity contribution is 6.03. The second-order valence-electron chi connectivity index (χ2n) is 20.6. The van der Waals surface area contributed by atoms with Crippen molar-refractivity contribution in [3.05, 3.63) is 303 Å². The van der Waals surface area contributed by atoms with Gasteiger partial charge >= 0.3 is 0 Å². The summed E-state index contributed by atoms with van der Waals surface area (Å²) in [4.78, 5) is 21.3. The van der Waals surface area contributed by atoms with E-state index < -0.39 is 0 Å². The molecule has 0 aliphatic carbocycles. The van der Waals surface area contributed by atoms with Gasteiger partial charge in [-0.2, -0.15) is 0 Å². The monoisotopic (exact) mass is 1050 g/mol. The molecule has 6 heteroatoms. The van der Waals surface area contributed by atoms with E-state index in [-0.39, 0.29) is 0 Å². The van der Waals surface area contributed by atoms with Gasteiger partial charge in [0.25, 0.3) is 0 Å². The van der Waals surface area contributed by atoms with Crippen LogP contribution in [-0.4, -0.2) is 28.9 Å². The molecule has 82 heavy (non-hydrogen) atoms. The largest absolute Gasteiger partial charge is 0.277 e. The van der Waals surface area contributed by atoms with Crippen LogP contribution in [0.3, 0.4) is 0 Å². The molecule has 0 amide bonds. The Hall–Kier alpha value is -11.1. The van der Waals surface area contributed by atoms with E-state index in [1.54, 1.807) is 0 Å². The van der Waals surface area contributed by atoms with Gasteiger partial charge in [-0.05, 0) is 115 Å². The topological polar surface area (TPSA) is 60.9 Å². The maximum absolute atomic E-state index is 5.70. The van der Waals surface area contributed by atoms with Gasteiger partial charge in [-0.15, -0.1) is 0 Å². The molecule has 0 unspecified atom stereocenters. The Labute approximate surface area is 475 Å². The maximum atomic E-state index is 5.70. The van der Waals surface area contributed by atoms with Crippen molar-refractivity contribution in [1.29, 1.82) is 0 Å². The van der Waals surface area contributed by atoms with Gasteiger partial charge in [0.1, 0.15) is 0 Å². The van der Waals surface area contributed by atoms with Gasteiger partial charge in [-0.1, -0.05) is 255 Å². The Morgan fingerprint density at radius 3 is 1.02 bits per heavy atom. The first-order valence-corrected chi connectivity index (χ1v) is 27.7. The first-order valence-electron chi connectivity index (χ1n) is 27.7. The maximum Gasteiger partial charge on any atom is 0.220 e. The highest BCUT2D eigenvalue weighted by Crippen LogP contribution is 2.47. The SMILES string of the molecule is c1ccc(-c2cc(-c3ccccc3)c(-n3c4ccc(-c5ccccc5)cc4n4c5cc(-c6c(-c7ccccc7)cc(-c7nc(-c8ccccc8)nc(-c8ccccc8)n7)cc6-c6ccccc6)ccc5nc34)c(-c3ccccc3)c2)cc1. The lowest BCUT2D eigenvalue weighted by molar-refractivity contribution is 1.07. The number of benzene rings is 12. The summed E-state index contributed by atoms with van der Waals surface area (Å²) in [6, 6.07) is 108. The van der Waals surface area contributed by atoms with E-state index >= 15 is 0 Å². The zero-order chi connectivity index (χ0) is 54.3. The van der Waals surface area contributed by atoms with E-state index in [2.05, 4.69) is 276 Å². The van der Waals surface area contributed by atoms with Gasteiger partial charge in [0.05, 0.1) is 27.8 Å². The first-order chi connectivity index (χ1) is 40.7. The van der Waals surface area contributed by atoms with Crippen molar-refractivity contribution in [1.82, 2.24) is 28.9 Å². The Bertz CT molecular complexity index is 4620. The summed E-state index contributed by atoms with van der Waals surface area (Å²) >= 11 is 0. The Morgan fingerprint density at radius 1 is 0.220 bits per heavy atom. The van der Waals surface area contributed by atoms with Crippen LogP contribution in [0.5, 0.6) is 0 Å². The fourth-order valence-corrected chi connectivity index (χ4v) is 11.7. The standard InChI is InChI=1S/C76H50N6/c1-9-25-51(26-10-1)59-42-44-68-70(49-59)81-69-50-60(41-43-67(69)77-76(81)82(68)72-65(55-33-17-5-18-34-55)45-61(52-27-11-2-12-28-52)46-66(72)56-35-19-6-20-36-56)71-63(53-29-13-3-14-30-53)47-62(48-64(71)54-31-15-4-16-32-54)75-79-73(57-37-21-7-22-38-57)78-74(80-75)58-39-23-8-24-40-58/h1-50H. The Kier molecular flexibility index (Phi) is 12.1. The summed E-state index contributed by atoms with van der Waals surface area (Å²) < 4.78 is 4.79. The van der Waals surface area contributed by atoms with Crippen LogP contribution in [0.15, 0.2) is 303 Å². The number of imidazole rings is 2. The predicted octanol–water partition coefficient (Wildman–Crippen LogP) is 19.3. The summed E-state index contributed by atoms with van der Waals surface area (Å²) in [5.74, 6) is 2.62. The van der Waals surface area contributed by atoms with Gasteiger partial charge in [-0.3, -0.25) is 8.97 Å². The molecule has 0 saturated heterocycles. The minimum atomic E-state index is 0.588. The van der Waals surface area contributed by atoms with Crippen molar-refractivity contribution < 1.29 is 0 Å². The molecule has 0 atom stereocenters. The molecular weight excluding hydrogens is 997 g/mol. The lowest BCUT2D eigenvalue weighted by Gasteiger charge is -2.20. The van der Waals surface area contributed by atoms with Crippen molar-refractivity contribution in [2.45, 2.75) is 0 Å². The number of hydrogen-bond donors (Lipinski definition) is 0. The normalized spacial score (nSPS) is 11.4. The molecule has 0 N–H and O–H groups in total. The summed E-state index contributed by atoms with van der Waals surface area (Å²) in [7, 11) is 0. The fourth-order valence-electron chi connectivity index (χ4n) is 11.7. The molecule has 12 aromatic carbocycles. The summed E-state index contributed by atoms with van der Waals surface area (Å²) in [5.41, 5.74) is 23.1. The van der Waals surface area contributed by atoms with E-state index in [1.165, 1.54) is 0 Å². The van der Waals surface area contributed by atoms with Gasteiger partial charge in [-0.25, -0.2) is 19.9 Å². The van der Waals surface area contributed by atoms with E-state index in [4.69, 9.17) is 19.9 Å². The third-order valence-corrected chi connectivity index (χ3v) is 15.6. The van der Waals surface area contributed by atoms with E-state index in [9.17, 15) is 0 Å². The van der Waals surface area contributed by atoms with Crippen LogP contribution >= 0.6 is 0 Å². The quantitative estimate of drug-likeness (QED) is 0.129. The average Bonchev–Trinajstić information content (AvgIpc) is 3.93. The van der Waals surface area contributed by atoms with Crippen molar-refractivity contribution in [3.8, 4) is 118 Å². The van der Waals surface area contributed by atoms with E-state index in [1.807, 2.05) is 36.4 Å². The van der Waals surface area contributed by atoms with Crippen molar-refractivity contribution in [2.75, 3.05) is 0 Å². The summed E-state index contributed by atoms with van der Waals surface area (Å²) in [6.07, 6.45) is 0. The minimum Gasteiger partial charge on any atom is -0.277 e. The van der Waals surface area contributed by atoms with Crippen LogP contribution in [-0.2, 0) is 0 Å². The molecule has 3 heterocycles. The fraction of sp³-hybridized carbons (Fsp3) is 0. The second kappa shape index (κ2) is 20.6. The zero-order valence-corrected chi connectivity index (χ0v) is 44.6. The molecule has 6 nitrogen and oxygen atoms in total. The van der Waals surface area contributed by atoms with Crippen molar-refractivity contribution in [3.63, 3.8) is 0 Å². The molecule has 15 rings (SSSR count). The molecule has 0 spiro atoms. The van der Waals surface area contributed by atoms with Crippen LogP contribution in [0.25, 0.3) is 146 Å². The molecule has 0 aliphatic heterocycles. The molecule has 0 radical (unpaired) electrons. The van der Waals surface area contributed by atoms with E-state index in [0.29, 0.717) is 17.5 Å². The van der Waals surface area contributed by atoms with Gasteiger partial charge in [0.2, 0.25) is 5.78 Å². The summed E-state index contributed by atoms with van der Waals surface area (Å²) in [6.45, 7) is 0. The third kappa shape index (κ3) is 8.72. The number of aromatic nitrogens is 6. The van der Waals surface area contributed by atoms with Crippen LogP contribution in [0.4, 0.5) is 0 Å². The lowest BCUT2D eigenvalue weighted by Crippen LogP contribution is -2.02. The Balaban J connectivity index is 1.02. The highest BCUT2D eigenvalue weighted by Gasteiger charge is 2.26. The molecule has 0 bridgehead atoms. The van der Waals surface area contributed by atoms with Crippen molar-refractivity contribution in [2.24, 2.45) is 0 Å². The zero-order valence-electron chi connectivity index (χ0n) is 44.6. The predicted molar refractivity (Wildman–Crippen MR) is 337 cm³/mol. The smallest absolute Gasteiger partial charge is 0.220 e. The van der Waals surface area contributed by atoms with Gasteiger partial charge in [0, 0.05) is 27.8 Å². The first kappa shape index (κ1) is 48.1. The average molecular weight is 1050 g/mol. The minimum absolute atomic E-state index is 0.588.